The van der Waals surface area contributed by atoms with Crippen LogP contribution in [0.5, 0.6) is 0 Å². The van der Waals surface area contributed by atoms with Crippen molar-refractivity contribution in [1.82, 2.24) is 0 Å². The lowest BCUT2D eigenvalue weighted by atomic mass is 10.1. The molecule has 0 unspecified atom stereocenters. The highest BCUT2D eigenvalue weighted by atomic mass is 28.3. The summed E-state index contributed by atoms with van der Waals surface area (Å²) in [4.78, 5) is 0. The van der Waals surface area contributed by atoms with Crippen LogP contribution in [0.25, 0.3) is 0 Å². The van der Waals surface area contributed by atoms with E-state index < -0.39 is 9.04 Å². The van der Waals surface area contributed by atoms with E-state index in [2.05, 4.69) is 91.9 Å². The van der Waals surface area contributed by atoms with Gasteiger partial charge < -0.3 is 4.43 Å². The Morgan fingerprint density at radius 2 is 1.18 bits per heavy atom. The molecule has 22 heavy (non-hydrogen) atoms. The summed E-state index contributed by atoms with van der Waals surface area (Å²) in [6.07, 6.45) is 0. The third-order valence-corrected chi connectivity index (χ3v) is 5.85. The Kier molecular flexibility index (Phi) is 4.84. The SMILES string of the molecule is Cc1ccccc1CO[Si](c1ccccc1)c1ccccc1. The number of aryl methyl sites for hydroxylation is 1. The molecule has 3 rings (SSSR count). The topological polar surface area (TPSA) is 9.23 Å². The van der Waals surface area contributed by atoms with E-state index in [1.165, 1.54) is 21.5 Å². The lowest BCUT2D eigenvalue weighted by Gasteiger charge is -2.17. The first-order valence-corrected chi connectivity index (χ1v) is 8.90. The average Bonchev–Trinajstić information content (AvgIpc) is 2.59. The highest BCUT2D eigenvalue weighted by molar-refractivity contribution is 6.79. The minimum absolute atomic E-state index is 0.657. The van der Waals surface area contributed by atoms with Crippen molar-refractivity contribution in [3.63, 3.8) is 0 Å². The molecule has 1 nitrogen and oxygen atoms in total. The smallest absolute Gasteiger partial charge is 0.283 e. The number of hydrogen-bond acceptors (Lipinski definition) is 1. The standard InChI is InChI=1S/C20H19OSi/c1-17-10-8-9-11-18(17)16-21-22(19-12-4-2-5-13-19)20-14-6-3-7-15-20/h2-15H,16H2,1H3. The van der Waals surface area contributed by atoms with E-state index in [9.17, 15) is 0 Å². The van der Waals surface area contributed by atoms with E-state index in [1.54, 1.807) is 0 Å². The molecule has 3 aromatic rings. The fourth-order valence-electron chi connectivity index (χ4n) is 2.43. The molecule has 1 radical (unpaired) electrons. The quantitative estimate of drug-likeness (QED) is 0.657. The van der Waals surface area contributed by atoms with Gasteiger partial charge in [-0.25, -0.2) is 0 Å². The largest absolute Gasteiger partial charge is 0.403 e. The second-order valence-corrected chi connectivity index (χ2v) is 7.38. The van der Waals surface area contributed by atoms with Gasteiger partial charge in [0, 0.05) is 0 Å². The summed E-state index contributed by atoms with van der Waals surface area (Å²) < 4.78 is 6.38. The summed E-state index contributed by atoms with van der Waals surface area (Å²) in [5.41, 5.74) is 2.54. The number of rotatable bonds is 5. The van der Waals surface area contributed by atoms with Gasteiger partial charge in [-0.3, -0.25) is 0 Å². The lowest BCUT2D eigenvalue weighted by molar-refractivity contribution is 0.321. The van der Waals surface area contributed by atoms with Gasteiger partial charge in [-0.15, -0.1) is 0 Å². The van der Waals surface area contributed by atoms with Gasteiger partial charge in [0.25, 0.3) is 9.04 Å². The zero-order valence-corrected chi connectivity index (χ0v) is 13.7. The molecule has 0 heterocycles. The molecule has 0 aliphatic heterocycles. The molecule has 109 valence electrons. The van der Waals surface area contributed by atoms with Crippen molar-refractivity contribution in [2.24, 2.45) is 0 Å². The number of benzene rings is 3. The Labute approximate surface area is 133 Å². The van der Waals surface area contributed by atoms with E-state index in [-0.39, 0.29) is 0 Å². The predicted octanol–water partition coefficient (Wildman–Crippen LogP) is 3.32. The van der Waals surface area contributed by atoms with E-state index >= 15 is 0 Å². The van der Waals surface area contributed by atoms with Crippen LogP contribution in [0, 0.1) is 6.92 Å². The molecule has 0 aromatic heterocycles. The normalized spacial score (nSPS) is 10.8. The van der Waals surface area contributed by atoms with Crippen LogP contribution in [0.15, 0.2) is 84.9 Å². The van der Waals surface area contributed by atoms with E-state index in [4.69, 9.17) is 4.43 Å². The molecule has 0 bridgehead atoms. The molecule has 0 amide bonds. The molecule has 3 aromatic carbocycles. The molecule has 2 heteroatoms. The van der Waals surface area contributed by atoms with Crippen LogP contribution >= 0.6 is 0 Å². The first-order valence-electron chi connectivity index (χ1n) is 7.50. The Bertz CT molecular complexity index is 671. The van der Waals surface area contributed by atoms with Crippen LogP contribution in [0.4, 0.5) is 0 Å². The van der Waals surface area contributed by atoms with E-state index in [0.717, 1.165) is 0 Å². The monoisotopic (exact) mass is 303 g/mol. The van der Waals surface area contributed by atoms with Crippen LogP contribution in [0.2, 0.25) is 0 Å². The Hall–Kier alpha value is -2.16. The van der Waals surface area contributed by atoms with Gasteiger partial charge in [0.15, 0.2) is 0 Å². The molecular weight excluding hydrogens is 284 g/mol. The molecule has 0 aliphatic carbocycles. The molecule has 0 N–H and O–H groups in total. The predicted molar refractivity (Wildman–Crippen MR) is 93.9 cm³/mol. The van der Waals surface area contributed by atoms with E-state index in [0.29, 0.717) is 6.61 Å². The summed E-state index contributed by atoms with van der Waals surface area (Å²) in [7, 11) is -1.21. The summed E-state index contributed by atoms with van der Waals surface area (Å²) in [6.45, 7) is 2.79. The lowest BCUT2D eigenvalue weighted by Crippen LogP contribution is -2.44. The van der Waals surface area contributed by atoms with Crippen molar-refractivity contribution in [3.05, 3.63) is 96.1 Å². The molecule has 0 saturated heterocycles. The molecule has 0 fully saturated rings. The second kappa shape index (κ2) is 7.21. The van der Waals surface area contributed by atoms with Crippen molar-refractivity contribution in [2.75, 3.05) is 0 Å². The van der Waals surface area contributed by atoms with Gasteiger partial charge in [-0.05, 0) is 28.4 Å². The molecule has 0 aliphatic rings. The first-order chi connectivity index (χ1) is 10.8. The maximum Gasteiger partial charge on any atom is 0.283 e. The third kappa shape index (κ3) is 3.53. The van der Waals surface area contributed by atoms with E-state index in [1.807, 2.05) is 0 Å². The van der Waals surface area contributed by atoms with Crippen molar-refractivity contribution < 1.29 is 4.43 Å². The molecule has 0 saturated carbocycles. The highest BCUT2D eigenvalue weighted by Crippen LogP contribution is 2.09. The minimum atomic E-state index is -1.21. The Morgan fingerprint density at radius 3 is 1.73 bits per heavy atom. The zero-order valence-electron chi connectivity index (χ0n) is 12.7. The second-order valence-electron chi connectivity index (χ2n) is 5.28. The molecule has 0 spiro atoms. The maximum atomic E-state index is 6.38. The number of hydrogen-bond donors (Lipinski definition) is 0. The van der Waals surface area contributed by atoms with Crippen molar-refractivity contribution in [1.29, 1.82) is 0 Å². The third-order valence-electron chi connectivity index (χ3n) is 3.71. The van der Waals surface area contributed by atoms with Crippen LogP contribution in [-0.4, -0.2) is 9.04 Å². The fraction of sp³-hybridized carbons (Fsp3) is 0.100. The zero-order chi connectivity index (χ0) is 15.2. The fourth-order valence-corrected chi connectivity index (χ4v) is 4.39. The summed E-state index contributed by atoms with van der Waals surface area (Å²) in [6, 6.07) is 29.5. The van der Waals surface area contributed by atoms with Gasteiger partial charge in [-0.2, -0.15) is 0 Å². The van der Waals surface area contributed by atoms with Gasteiger partial charge >= 0.3 is 0 Å². The summed E-state index contributed by atoms with van der Waals surface area (Å²) >= 11 is 0. The Morgan fingerprint density at radius 1 is 0.682 bits per heavy atom. The Balaban J connectivity index is 1.85. The summed E-state index contributed by atoms with van der Waals surface area (Å²) in [5, 5.41) is 2.57. The minimum Gasteiger partial charge on any atom is -0.403 e. The van der Waals surface area contributed by atoms with Crippen molar-refractivity contribution in [3.8, 4) is 0 Å². The molecule has 0 atom stereocenters. The average molecular weight is 303 g/mol. The first kappa shape index (κ1) is 14.8. The maximum absolute atomic E-state index is 6.38. The van der Waals surface area contributed by atoms with Crippen LogP contribution in [0.1, 0.15) is 11.1 Å². The van der Waals surface area contributed by atoms with Gasteiger partial charge in [-0.1, -0.05) is 84.9 Å². The van der Waals surface area contributed by atoms with Crippen molar-refractivity contribution in [2.45, 2.75) is 13.5 Å². The van der Waals surface area contributed by atoms with Gasteiger partial charge in [0.1, 0.15) is 0 Å². The van der Waals surface area contributed by atoms with Gasteiger partial charge in [0.2, 0.25) is 0 Å². The van der Waals surface area contributed by atoms with Crippen LogP contribution in [0.3, 0.4) is 0 Å². The van der Waals surface area contributed by atoms with Gasteiger partial charge in [0.05, 0.1) is 6.61 Å². The van der Waals surface area contributed by atoms with Crippen LogP contribution in [-0.2, 0) is 11.0 Å². The van der Waals surface area contributed by atoms with Crippen LogP contribution < -0.4 is 10.4 Å². The highest BCUT2D eigenvalue weighted by Gasteiger charge is 2.19. The molecular formula is C20H19OSi. The van der Waals surface area contributed by atoms with Crippen molar-refractivity contribution >= 4 is 19.4 Å². The summed E-state index contributed by atoms with van der Waals surface area (Å²) in [5.74, 6) is 0.